The van der Waals surface area contributed by atoms with Gasteiger partial charge in [0.2, 0.25) is 5.91 Å². The fourth-order valence-electron chi connectivity index (χ4n) is 3.38. The lowest BCUT2D eigenvalue weighted by Crippen LogP contribution is -2.40. The van der Waals surface area contributed by atoms with Crippen molar-refractivity contribution in [3.05, 3.63) is 53.3 Å². The quantitative estimate of drug-likeness (QED) is 0.907. The SMILES string of the molecule is CCc1ccccc1CC(=O)N1CCC(n2cc(C(=O)O)cn2)CC1. The third kappa shape index (κ3) is 3.90. The zero-order chi connectivity index (χ0) is 17.8. The Morgan fingerprint density at radius 1 is 1.20 bits per heavy atom. The first-order valence-corrected chi connectivity index (χ1v) is 8.70. The number of carboxylic acid groups (broad SMARTS) is 1. The Hall–Kier alpha value is -2.63. The number of carbonyl (C=O) groups excluding carboxylic acids is 1. The Morgan fingerprint density at radius 3 is 2.48 bits per heavy atom. The first-order valence-electron chi connectivity index (χ1n) is 8.70. The number of nitrogens with zero attached hydrogens (tertiary/aromatic N) is 3. The molecule has 0 unspecified atom stereocenters. The highest BCUT2D eigenvalue weighted by atomic mass is 16.4. The molecule has 1 aromatic carbocycles. The highest BCUT2D eigenvalue weighted by Gasteiger charge is 2.25. The first kappa shape index (κ1) is 17.2. The van der Waals surface area contributed by atoms with Gasteiger partial charge in [-0.1, -0.05) is 31.2 Å². The van der Waals surface area contributed by atoms with Gasteiger partial charge < -0.3 is 10.0 Å². The zero-order valence-electron chi connectivity index (χ0n) is 14.4. The van der Waals surface area contributed by atoms with Crippen LogP contribution in [0.4, 0.5) is 0 Å². The van der Waals surface area contributed by atoms with Gasteiger partial charge in [0.15, 0.2) is 0 Å². The van der Waals surface area contributed by atoms with Crippen LogP contribution in [0.5, 0.6) is 0 Å². The molecular formula is C19H23N3O3. The second kappa shape index (κ2) is 7.51. The van der Waals surface area contributed by atoms with Gasteiger partial charge in [-0.2, -0.15) is 5.10 Å². The lowest BCUT2D eigenvalue weighted by Gasteiger charge is -2.32. The third-order valence-corrected chi connectivity index (χ3v) is 4.88. The van der Waals surface area contributed by atoms with Crippen LogP contribution in [0.2, 0.25) is 0 Å². The lowest BCUT2D eigenvalue weighted by atomic mass is 10.0. The van der Waals surface area contributed by atoms with E-state index in [9.17, 15) is 9.59 Å². The lowest BCUT2D eigenvalue weighted by molar-refractivity contribution is -0.131. The Kier molecular flexibility index (Phi) is 5.16. The smallest absolute Gasteiger partial charge is 0.338 e. The largest absolute Gasteiger partial charge is 0.478 e. The molecule has 0 radical (unpaired) electrons. The minimum Gasteiger partial charge on any atom is -0.478 e. The minimum atomic E-state index is -0.964. The second-order valence-electron chi connectivity index (χ2n) is 6.43. The fourth-order valence-corrected chi connectivity index (χ4v) is 3.38. The number of aromatic carboxylic acids is 1. The van der Waals surface area contributed by atoms with Gasteiger partial charge in [-0.25, -0.2) is 4.79 Å². The first-order chi connectivity index (χ1) is 12.1. The van der Waals surface area contributed by atoms with E-state index in [1.165, 1.54) is 11.8 Å². The predicted molar refractivity (Wildman–Crippen MR) is 93.6 cm³/mol. The molecule has 6 nitrogen and oxygen atoms in total. The molecule has 1 N–H and O–H groups in total. The molecule has 0 spiro atoms. The molecule has 0 aliphatic carbocycles. The van der Waals surface area contributed by atoms with Crippen LogP contribution in [0.3, 0.4) is 0 Å². The van der Waals surface area contributed by atoms with Gasteiger partial charge in [0, 0.05) is 19.3 Å². The van der Waals surface area contributed by atoms with Crippen molar-refractivity contribution in [1.82, 2.24) is 14.7 Å². The summed E-state index contributed by atoms with van der Waals surface area (Å²) in [6, 6.07) is 8.24. The summed E-state index contributed by atoms with van der Waals surface area (Å²) in [5, 5.41) is 13.1. The van der Waals surface area contributed by atoms with Gasteiger partial charge in [0.05, 0.1) is 24.2 Å². The number of piperidine rings is 1. The zero-order valence-corrected chi connectivity index (χ0v) is 14.4. The highest BCUT2D eigenvalue weighted by Crippen LogP contribution is 2.23. The Balaban J connectivity index is 1.58. The molecule has 1 saturated heterocycles. The predicted octanol–water partition coefficient (Wildman–Crippen LogP) is 2.55. The third-order valence-electron chi connectivity index (χ3n) is 4.88. The van der Waals surface area contributed by atoms with Crippen molar-refractivity contribution in [3.63, 3.8) is 0 Å². The number of amides is 1. The molecule has 0 atom stereocenters. The van der Waals surface area contributed by atoms with Crippen molar-refractivity contribution in [3.8, 4) is 0 Å². The maximum absolute atomic E-state index is 12.6. The van der Waals surface area contributed by atoms with Gasteiger partial charge >= 0.3 is 5.97 Å². The number of hydrogen-bond acceptors (Lipinski definition) is 3. The second-order valence-corrected chi connectivity index (χ2v) is 6.43. The molecule has 1 amide bonds. The molecule has 1 aliphatic rings. The molecule has 0 bridgehead atoms. The normalized spacial score (nSPS) is 15.3. The topological polar surface area (TPSA) is 75.4 Å². The summed E-state index contributed by atoms with van der Waals surface area (Å²) in [6.45, 7) is 3.46. The molecule has 3 rings (SSSR count). The molecule has 6 heteroatoms. The number of carbonyl (C=O) groups is 2. The molecule has 1 fully saturated rings. The van der Waals surface area contributed by atoms with Gasteiger partial charge in [0.1, 0.15) is 0 Å². The summed E-state index contributed by atoms with van der Waals surface area (Å²) in [5.41, 5.74) is 2.54. The maximum atomic E-state index is 12.6. The van der Waals surface area contributed by atoms with Crippen molar-refractivity contribution in [2.24, 2.45) is 0 Å². The van der Waals surface area contributed by atoms with Crippen LogP contribution in [0, 0.1) is 0 Å². The Bertz CT molecular complexity index is 761. The summed E-state index contributed by atoms with van der Waals surface area (Å²) >= 11 is 0. The molecule has 1 aromatic heterocycles. The number of hydrogen-bond donors (Lipinski definition) is 1. The Labute approximate surface area is 147 Å². The van der Waals surface area contributed by atoms with Crippen molar-refractivity contribution in [2.75, 3.05) is 13.1 Å². The van der Waals surface area contributed by atoms with E-state index in [-0.39, 0.29) is 17.5 Å². The van der Waals surface area contributed by atoms with E-state index < -0.39 is 5.97 Å². The van der Waals surface area contributed by atoms with Crippen molar-refractivity contribution < 1.29 is 14.7 Å². The molecule has 2 heterocycles. The summed E-state index contributed by atoms with van der Waals surface area (Å²) < 4.78 is 1.72. The number of aryl methyl sites for hydroxylation is 1. The molecular weight excluding hydrogens is 318 g/mol. The summed E-state index contributed by atoms with van der Waals surface area (Å²) in [5.74, 6) is -0.806. The molecule has 1 aliphatic heterocycles. The van der Waals surface area contributed by atoms with E-state index in [1.807, 2.05) is 23.1 Å². The van der Waals surface area contributed by atoms with Crippen LogP contribution < -0.4 is 0 Å². The van der Waals surface area contributed by atoms with Gasteiger partial charge in [0.25, 0.3) is 0 Å². The Morgan fingerprint density at radius 2 is 1.88 bits per heavy atom. The number of carboxylic acids is 1. The van der Waals surface area contributed by atoms with Crippen LogP contribution in [0.15, 0.2) is 36.7 Å². The van der Waals surface area contributed by atoms with E-state index >= 15 is 0 Å². The van der Waals surface area contributed by atoms with E-state index in [2.05, 4.69) is 18.1 Å². The van der Waals surface area contributed by atoms with E-state index in [0.29, 0.717) is 19.5 Å². The number of rotatable bonds is 5. The van der Waals surface area contributed by atoms with Crippen LogP contribution in [0.1, 0.15) is 47.3 Å². The molecule has 25 heavy (non-hydrogen) atoms. The van der Waals surface area contributed by atoms with Crippen molar-refractivity contribution in [1.29, 1.82) is 0 Å². The average Bonchev–Trinajstić information content (AvgIpc) is 3.13. The molecule has 2 aromatic rings. The van der Waals surface area contributed by atoms with E-state index in [0.717, 1.165) is 24.8 Å². The summed E-state index contributed by atoms with van der Waals surface area (Å²) in [7, 11) is 0. The maximum Gasteiger partial charge on any atom is 0.338 e. The van der Waals surface area contributed by atoms with Crippen LogP contribution >= 0.6 is 0 Å². The van der Waals surface area contributed by atoms with E-state index in [1.54, 1.807) is 10.9 Å². The molecule has 0 saturated carbocycles. The van der Waals surface area contributed by atoms with Crippen LogP contribution in [-0.2, 0) is 17.6 Å². The standard InChI is InChI=1S/C19H23N3O3/c1-2-14-5-3-4-6-15(14)11-18(23)21-9-7-17(8-10-21)22-13-16(12-20-22)19(24)25/h3-6,12-13,17H,2,7-11H2,1H3,(H,24,25). The summed E-state index contributed by atoms with van der Waals surface area (Å²) in [6.07, 6.45) is 5.91. The monoisotopic (exact) mass is 341 g/mol. The van der Waals surface area contributed by atoms with Crippen LogP contribution in [-0.4, -0.2) is 44.8 Å². The minimum absolute atomic E-state index is 0.153. The van der Waals surface area contributed by atoms with Crippen molar-refractivity contribution >= 4 is 11.9 Å². The van der Waals surface area contributed by atoms with Gasteiger partial charge in [-0.15, -0.1) is 0 Å². The number of likely N-dealkylation sites (tertiary alicyclic amines) is 1. The van der Waals surface area contributed by atoms with E-state index in [4.69, 9.17) is 5.11 Å². The van der Waals surface area contributed by atoms with Gasteiger partial charge in [-0.3, -0.25) is 9.48 Å². The highest BCUT2D eigenvalue weighted by molar-refractivity contribution is 5.86. The van der Waals surface area contributed by atoms with Gasteiger partial charge in [-0.05, 0) is 30.4 Å². The van der Waals surface area contributed by atoms with Crippen LogP contribution in [0.25, 0.3) is 0 Å². The summed E-state index contributed by atoms with van der Waals surface area (Å²) in [4.78, 5) is 25.5. The average molecular weight is 341 g/mol. The number of benzene rings is 1. The molecule has 132 valence electrons. The van der Waals surface area contributed by atoms with Crippen molar-refractivity contribution in [2.45, 2.75) is 38.6 Å². The number of aromatic nitrogens is 2. The fraction of sp³-hybridized carbons (Fsp3) is 0.421.